The van der Waals surface area contributed by atoms with Gasteiger partial charge < -0.3 is 14.5 Å². The second-order valence-corrected chi connectivity index (χ2v) is 14.9. The molecule has 0 aliphatic carbocycles. The number of rotatable bonds is 9. The van der Waals surface area contributed by atoms with Crippen molar-refractivity contribution in [3.63, 3.8) is 0 Å². The fourth-order valence-electron chi connectivity index (χ4n) is 4.86. The van der Waals surface area contributed by atoms with Gasteiger partial charge in [-0.15, -0.1) is 0 Å². The summed E-state index contributed by atoms with van der Waals surface area (Å²) in [5.74, 6) is -2.42. The molecular formula is C29H36Cl2FN3O6Si. The Morgan fingerprint density at radius 3 is 2.36 bits per heavy atom. The van der Waals surface area contributed by atoms with Gasteiger partial charge in [-0.05, 0) is 87.5 Å². The van der Waals surface area contributed by atoms with Gasteiger partial charge in [-0.2, -0.15) is 0 Å². The second-order valence-electron chi connectivity index (χ2n) is 11.3. The van der Waals surface area contributed by atoms with Crippen LogP contribution in [-0.2, 0) is 19.1 Å². The molecule has 1 aliphatic heterocycles. The van der Waals surface area contributed by atoms with E-state index < -0.39 is 32.2 Å². The third kappa shape index (κ3) is 11.3. The molecule has 13 heteroatoms. The summed E-state index contributed by atoms with van der Waals surface area (Å²) in [6.07, 6.45) is 1.66. The molecular weight excluding hydrogens is 604 g/mol. The number of ether oxygens (including phenoxy) is 2. The topological polar surface area (TPSA) is 123 Å². The van der Waals surface area contributed by atoms with Crippen molar-refractivity contribution in [3.05, 3.63) is 63.9 Å². The van der Waals surface area contributed by atoms with Gasteiger partial charge >= 0.3 is 5.97 Å². The maximum atomic E-state index is 13.7. The van der Waals surface area contributed by atoms with Crippen LogP contribution < -0.4 is 20.6 Å². The van der Waals surface area contributed by atoms with Crippen molar-refractivity contribution in [2.45, 2.75) is 64.1 Å². The van der Waals surface area contributed by atoms with Crippen LogP contribution in [0.5, 0.6) is 5.75 Å². The fraction of sp³-hybridized carbons (Fsp3) is 0.448. The summed E-state index contributed by atoms with van der Waals surface area (Å²) in [6.45, 7) is 5.09. The molecule has 3 rings (SSSR count). The van der Waals surface area contributed by atoms with E-state index >= 15 is 0 Å². The number of esters is 1. The first kappa shape index (κ1) is 33.4. The monoisotopic (exact) mass is 639 g/mol. The summed E-state index contributed by atoms with van der Waals surface area (Å²) in [7, 11) is -1.92. The third-order valence-corrected chi connectivity index (χ3v) is 10.3. The molecule has 1 heterocycles. The maximum absolute atomic E-state index is 13.7. The van der Waals surface area contributed by atoms with Crippen LogP contribution in [0.4, 0.5) is 4.39 Å². The quantitative estimate of drug-likeness (QED) is 0.202. The number of hydrogen-bond donors (Lipinski definition) is 3. The predicted molar refractivity (Wildman–Crippen MR) is 160 cm³/mol. The molecule has 3 atom stereocenters. The minimum atomic E-state index is -1.92. The SMILES string of the molecule is CC(C)(C)OC(=O)CC1CCC[Si@@H](NC(=O)COc2ccc(Cl)c(F)c2)CC1CC(=O)NNC(=O)c1ccc(Cl)cc1. The largest absolute Gasteiger partial charge is 0.484 e. The highest BCUT2D eigenvalue weighted by atomic mass is 35.5. The van der Waals surface area contributed by atoms with E-state index in [1.807, 2.05) is 0 Å². The molecule has 2 aromatic carbocycles. The Morgan fingerprint density at radius 2 is 1.69 bits per heavy atom. The molecule has 1 fully saturated rings. The molecule has 0 saturated carbocycles. The lowest BCUT2D eigenvalue weighted by molar-refractivity contribution is -0.156. The van der Waals surface area contributed by atoms with Gasteiger partial charge in [0.25, 0.3) is 5.91 Å². The van der Waals surface area contributed by atoms with Crippen molar-refractivity contribution in [3.8, 4) is 5.75 Å². The van der Waals surface area contributed by atoms with Crippen LogP contribution in [-0.4, -0.2) is 44.9 Å². The summed E-state index contributed by atoms with van der Waals surface area (Å²) in [5.41, 5.74) is 4.56. The second kappa shape index (κ2) is 15.4. The number of hydrazine groups is 1. The Bertz CT molecular complexity index is 1280. The Balaban J connectivity index is 1.62. The van der Waals surface area contributed by atoms with Crippen molar-refractivity contribution in [2.75, 3.05) is 6.61 Å². The minimum Gasteiger partial charge on any atom is -0.484 e. The standard InChI is InChI=1S/C29H36Cl2FN3O6Si/c1-29(2,3)41-27(38)14-19-5-4-12-42(35-26(37)16-40-22-10-11-23(31)24(32)15-22)17-20(19)13-25(36)33-34-28(39)18-6-8-21(30)9-7-18/h6-11,15,19-20,42H,4-5,12-14,16-17H2,1-3H3,(H,33,36)(H,34,39)(H,35,37)/t19?,20?,42-/m1/s1. The molecule has 0 spiro atoms. The zero-order chi connectivity index (χ0) is 30.9. The average Bonchev–Trinajstić information content (AvgIpc) is 3.08. The van der Waals surface area contributed by atoms with E-state index in [-0.39, 0.29) is 53.9 Å². The summed E-state index contributed by atoms with van der Waals surface area (Å²) in [6, 6.07) is 11.5. The molecule has 3 amide bonds. The van der Waals surface area contributed by atoms with Gasteiger partial charge in [0.15, 0.2) is 6.61 Å². The van der Waals surface area contributed by atoms with Crippen LogP contribution in [0.15, 0.2) is 42.5 Å². The van der Waals surface area contributed by atoms with Gasteiger partial charge in [-0.3, -0.25) is 30.0 Å². The molecule has 1 aliphatic rings. The zero-order valence-corrected chi connectivity index (χ0v) is 26.5. The van der Waals surface area contributed by atoms with Crippen molar-refractivity contribution < 1.29 is 33.0 Å². The van der Waals surface area contributed by atoms with Gasteiger partial charge in [0.05, 0.1) is 5.02 Å². The van der Waals surface area contributed by atoms with Gasteiger partial charge in [-0.25, -0.2) is 4.39 Å². The van der Waals surface area contributed by atoms with Crippen molar-refractivity contribution in [1.29, 1.82) is 0 Å². The molecule has 42 heavy (non-hydrogen) atoms. The van der Waals surface area contributed by atoms with E-state index in [9.17, 15) is 23.6 Å². The normalized spacial score (nSPS) is 18.8. The smallest absolute Gasteiger partial charge is 0.306 e. The number of carbonyl (C=O) groups excluding carboxylic acids is 4. The Labute approximate surface area is 256 Å². The lowest BCUT2D eigenvalue weighted by Crippen LogP contribution is -2.44. The lowest BCUT2D eigenvalue weighted by Gasteiger charge is -2.27. The van der Waals surface area contributed by atoms with Gasteiger partial charge in [-0.1, -0.05) is 29.6 Å². The highest BCUT2D eigenvalue weighted by molar-refractivity contribution is 6.59. The Hall–Kier alpha value is -3.15. The lowest BCUT2D eigenvalue weighted by atomic mass is 9.85. The van der Waals surface area contributed by atoms with Crippen LogP contribution >= 0.6 is 23.2 Å². The first-order valence-corrected chi connectivity index (χ1v) is 16.7. The highest BCUT2D eigenvalue weighted by Crippen LogP contribution is 2.34. The fourth-order valence-corrected chi connectivity index (χ4v) is 8.15. The zero-order valence-electron chi connectivity index (χ0n) is 23.8. The minimum absolute atomic E-state index is 0.0433. The summed E-state index contributed by atoms with van der Waals surface area (Å²) in [5, 5.41) is 0.439. The molecule has 0 aromatic heterocycles. The van der Waals surface area contributed by atoms with Gasteiger partial charge in [0, 0.05) is 29.5 Å². The molecule has 3 N–H and O–H groups in total. The number of halogens is 3. The molecule has 0 bridgehead atoms. The molecule has 2 unspecified atom stereocenters. The third-order valence-electron chi connectivity index (χ3n) is 6.73. The van der Waals surface area contributed by atoms with Crippen molar-refractivity contribution >= 4 is 55.9 Å². The summed E-state index contributed by atoms with van der Waals surface area (Å²) < 4.78 is 24.6. The van der Waals surface area contributed by atoms with E-state index in [1.165, 1.54) is 24.3 Å². The van der Waals surface area contributed by atoms with E-state index in [1.54, 1.807) is 32.9 Å². The number of nitrogens with one attached hydrogen (secondary N) is 3. The molecule has 228 valence electrons. The average molecular weight is 641 g/mol. The molecule has 0 radical (unpaired) electrons. The first-order valence-electron chi connectivity index (χ1n) is 13.7. The number of carbonyl (C=O) groups is 4. The first-order chi connectivity index (χ1) is 19.8. The van der Waals surface area contributed by atoms with E-state index in [0.29, 0.717) is 23.1 Å². The van der Waals surface area contributed by atoms with Crippen LogP contribution in [0, 0.1) is 17.7 Å². The van der Waals surface area contributed by atoms with E-state index in [0.717, 1.165) is 18.5 Å². The van der Waals surface area contributed by atoms with Gasteiger partial charge in [0.1, 0.15) is 26.1 Å². The predicted octanol–water partition coefficient (Wildman–Crippen LogP) is 4.96. The van der Waals surface area contributed by atoms with Crippen LogP contribution in [0.2, 0.25) is 22.1 Å². The van der Waals surface area contributed by atoms with Crippen LogP contribution in [0.3, 0.4) is 0 Å². The van der Waals surface area contributed by atoms with Crippen LogP contribution in [0.25, 0.3) is 0 Å². The highest BCUT2D eigenvalue weighted by Gasteiger charge is 2.34. The Kier molecular flexibility index (Phi) is 12.2. The van der Waals surface area contributed by atoms with Crippen LogP contribution in [0.1, 0.15) is 56.8 Å². The molecule has 9 nitrogen and oxygen atoms in total. The molecule has 2 aromatic rings. The molecule has 1 saturated heterocycles. The number of benzene rings is 2. The van der Waals surface area contributed by atoms with E-state index in [4.69, 9.17) is 32.7 Å². The summed E-state index contributed by atoms with van der Waals surface area (Å²) in [4.78, 5) is 53.8. The summed E-state index contributed by atoms with van der Waals surface area (Å²) >= 11 is 11.6. The Morgan fingerprint density at radius 1 is 0.976 bits per heavy atom. The number of hydrogen-bond acceptors (Lipinski definition) is 6. The van der Waals surface area contributed by atoms with Crippen molar-refractivity contribution in [2.24, 2.45) is 11.8 Å². The maximum Gasteiger partial charge on any atom is 0.306 e. The van der Waals surface area contributed by atoms with Crippen molar-refractivity contribution in [1.82, 2.24) is 15.8 Å². The van der Waals surface area contributed by atoms with Gasteiger partial charge in [0.2, 0.25) is 11.8 Å². The number of amides is 3. The van der Waals surface area contributed by atoms with E-state index in [2.05, 4.69) is 15.8 Å².